The molecule has 4 aromatic carbocycles. The molecule has 0 spiro atoms. The molecule has 0 fully saturated rings. The second kappa shape index (κ2) is 12.5. The molecule has 4 aromatic rings. The lowest BCUT2D eigenvalue weighted by Crippen LogP contribution is -2.16. The number of hydrogen-bond donors (Lipinski definition) is 8. The van der Waals surface area contributed by atoms with Crippen molar-refractivity contribution in [2.45, 2.75) is 0 Å². The minimum absolute atomic E-state index is 0.0572. The van der Waals surface area contributed by atoms with Gasteiger partial charge in [-0.25, -0.2) is 0 Å². The van der Waals surface area contributed by atoms with Crippen LogP contribution in [0.2, 0.25) is 0 Å². The van der Waals surface area contributed by atoms with Crippen molar-refractivity contribution in [2.75, 3.05) is 0 Å². The second-order valence-electron chi connectivity index (χ2n) is 9.54. The van der Waals surface area contributed by atoms with Crippen molar-refractivity contribution >= 4 is 29.5 Å². The zero-order valence-electron chi connectivity index (χ0n) is 23.1. The fourth-order valence-electron chi connectivity index (χ4n) is 4.30. The number of benzene rings is 4. The number of hydrogen-bond acceptors (Lipinski definition) is 13. The monoisotopic (exact) mass is 620 g/mol. The Morgan fingerprint density at radius 3 is 1.17 bits per heavy atom. The predicted octanol–water partition coefficient (Wildman–Crippen LogP) is 4.14. The number of aromatic hydroxyl groups is 8. The molecule has 8 N–H and O–H groups in total. The van der Waals surface area contributed by atoms with Crippen molar-refractivity contribution in [1.82, 2.24) is 0 Å². The van der Waals surface area contributed by atoms with Crippen LogP contribution < -0.4 is 0 Å². The maximum Gasteiger partial charge on any atom is 0.208 e. The van der Waals surface area contributed by atoms with Gasteiger partial charge in [0.15, 0.2) is 51.8 Å². The van der Waals surface area contributed by atoms with Gasteiger partial charge >= 0.3 is 0 Å². The second-order valence-corrected chi connectivity index (χ2v) is 9.54. The first kappa shape index (κ1) is 31.7. The van der Waals surface area contributed by atoms with Crippen molar-refractivity contribution < 1.29 is 55.2 Å². The van der Waals surface area contributed by atoms with Gasteiger partial charge in [0.2, 0.25) is 11.6 Å². The summed E-state index contributed by atoms with van der Waals surface area (Å²) in [6, 6.07) is 13.3. The van der Waals surface area contributed by atoms with Gasteiger partial charge in [-0.05, 0) is 71.8 Å². The van der Waals surface area contributed by atoms with Crippen molar-refractivity contribution in [1.29, 1.82) is 10.5 Å². The topological polar surface area (TPSA) is 261 Å². The standard InChI is InChI=1S/C33H20N2O11/c34-13-17(9-15-1-5-21(36)25(40)11-15)29(42)27-19(3-7-23(38)32(27)45)31(44)20-4-8-24(39)33(46)28(20)30(43)18(14-35)10-16-2-6-22(37)26(41)12-16/h1-12,36-41,45-46H. The third-order valence-electron chi connectivity index (χ3n) is 6.61. The Morgan fingerprint density at radius 1 is 0.500 bits per heavy atom. The van der Waals surface area contributed by atoms with Gasteiger partial charge in [-0.2, -0.15) is 10.5 Å². The molecule has 0 aliphatic carbocycles. The number of rotatable bonds is 8. The van der Waals surface area contributed by atoms with Crippen LogP contribution in [-0.2, 0) is 0 Å². The Balaban J connectivity index is 1.88. The summed E-state index contributed by atoms with van der Waals surface area (Å²) in [5.41, 5.74) is -4.39. The number of ketones is 3. The van der Waals surface area contributed by atoms with E-state index in [0.717, 1.165) is 60.7 Å². The first-order chi connectivity index (χ1) is 21.8. The molecule has 228 valence electrons. The number of Topliss-reactive ketones (excluding diaryl/α,β-unsaturated/α-hetero) is 2. The fraction of sp³-hybridized carbons (Fsp3) is 0. The van der Waals surface area contributed by atoms with E-state index in [-0.39, 0.29) is 11.1 Å². The molecular formula is C33H20N2O11. The van der Waals surface area contributed by atoms with E-state index in [1.165, 1.54) is 12.1 Å². The number of allylic oxidation sites excluding steroid dienone is 2. The predicted molar refractivity (Wildman–Crippen MR) is 158 cm³/mol. The summed E-state index contributed by atoms with van der Waals surface area (Å²) in [6.45, 7) is 0. The van der Waals surface area contributed by atoms with Crippen molar-refractivity contribution in [2.24, 2.45) is 0 Å². The summed E-state index contributed by atoms with van der Waals surface area (Å²) < 4.78 is 0. The van der Waals surface area contributed by atoms with E-state index in [2.05, 4.69) is 0 Å². The van der Waals surface area contributed by atoms with Crippen LogP contribution in [0.4, 0.5) is 0 Å². The highest BCUT2D eigenvalue weighted by molar-refractivity contribution is 6.27. The molecular weight excluding hydrogens is 600 g/mol. The van der Waals surface area contributed by atoms with Crippen LogP contribution in [0.15, 0.2) is 71.8 Å². The lowest BCUT2D eigenvalue weighted by molar-refractivity contribution is 0.0991. The van der Waals surface area contributed by atoms with E-state index in [4.69, 9.17) is 0 Å². The molecule has 0 aliphatic heterocycles. The van der Waals surface area contributed by atoms with Crippen LogP contribution in [0.1, 0.15) is 47.8 Å². The molecule has 0 aliphatic rings. The summed E-state index contributed by atoms with van der Waals surface area (Å²) >= 11 is 0. The van der Waals surface area contributed by atoms with Gasteiger partial charge < -0.3 is 40.9 Å². The Hall–Kier alpha value is -7.25. The first-order valence-electron chi connectivity index (χ1n) is 12.8. The Morgan fingerprint density at radius 2 is 0.848 bits per heavy atom. The molecule has 4 rings (SSSR count). The minimum Gasteiger partial charge on any atom is -0.504 e. The highest BCUT2D eigenvalue weighted by atomic mass is 16.3. The van der Waals surface area contributed by atoms with Gasteiger partial charge in [-0.15, -0.1) is 0 Å². The number of phenolic OH excluding ortho intramolecular Hbond substituents is 8. The average Bonchev–Trinajstić information content (AvgIpc) is 3.03. The zero-order valence-corrected chi connectivity index (χ0v) is 23.1. The summed E-state index contributed by atoms with van der Waals surface area (Å²) in [4.78, 5) is 41.0. The molecule has 0 saturated heterocycles. The van der Waals surface area contributed by atoms with E-state index in [9.17, 15) is 65.8 Å². The molecule has 0 saturated carbocycles. The zero-order chi connectivity index (χ0) is 33.9. The third kappa shape index (κ3) is 5.96. The normalized spacial score (nSPS) is 11.3. The first-order valence-corrected chi connectivity index (χ1v) is 12.8. The summed E-state index contributed by atoms with van der Waals surface area (Å²) in [6.07, 6.45) is 1.93. The van der Waals surface area contributed by atoms with Gasteiger partial charge in [0.1, 0.15) is 23.3 Å². The summed E-state index contributed by atoms with van der Waals surface area (Å²) in [7, 11) is 0. The average molecular weight is 621 g/mol. The number of carbonyl (C=O) groups excluding carboxylic acids is 3. The number of carbonyl (C=O) groups is 3. The van der Waals surface area contributed by atoms with E-state index in [1.54, 1.807) is 12.1 Å². The number of phenols is 8. The van der Waals surface area contributed by atoms with E-state index in [0.29, 0.717) is 0 Å². The molecule has 13 heteroatoms. The molecule has 0 amide bonds. The van der Waals surface area contributed by atoms with E-state index >= 15 is 0 Å². The summed E-state index contributed by atoms with van der Waals surface area (Å²) in [5, 5.41) is 99.7. The molecule has 0 bridgehead atoms. The van der Waals surface area contributed by atoms with Crippen molar-refractivity contribution in [3.63, 3.8) is 0 Å². The molecule has 0 aromatic heterocycles. The molecule has 0 heterocycles. The third-order valence-corrected chi connectivity index (χ3v) is 6.61. The highest BCUT2D eigenvalue weighted by Crippen LogP contribution is 2.39. The molecule has 0 radical (unpaired) electrons. The van der Waals surface area contributed by atoms with Crippen LogP contribution in [-0.4, -0.2) is 58.2 Å². The van der Waals surface area contributed by atoms with Crippen LogP contribution >= 0.6 is 0 Å². The Bertz CT molecular complexity index is 1970. The Kier molecular flexibility index (Phi) is 8.64. The van der Waals surface area contributed by atoms with Crippen LogP contribution in [0, 0.1) is 22.7 Å². The maximum atomic E-state index is 13.9. The van der Waals surface area contributed by atoms with Gasteiger partial charge in [-0.3, -0.25) is 14.4 Å². The highest BCUT2D eigenvalue weighted by Gasteiger charge is 2.31. The smallest absolute Gasteiger partial charge is 0.208 e. The Labute approximate surface area is 258 Å². The van der Waals surface area contributed by atoms with Crippen molar-refractivity contribution in [3.05, 3.63) is 105 Å². The van der Waals surface area contributed by atoms with Gasteiger partial charge in [0, 0.05) is 11.1 Å². The largest absolute Gasteiger partial charge is 0.504 e. The van der Waals surface area contributed by atoms with Crippen molar-refractivity contribution in [3.8, 4) is 58.1 Å². The summed E-state index contributed by atoms with van der Waals surface area (Å²) in [5.74, 6) is -9.89. The molecule has 13 nitrogen and oxygen atoms in total. The van der Waals surface area contributed by atoms with Crippen LogP contribution in [0.25, 0.3) is 12.2 Å². The lowest BCUT2D eigenvalue weighted by atomic mass is 9.88. The molecule has 0 atom stereocenters. The van der Waals surface area contributed by atoms with Gasteiger partial charge in [0.25, 0.3) is 0 Å². The quantitative estimate of drug-likeness (QED) is 0.0596. The number of nitrogens with zero attached hydrogens (tertiary/aromatic N) is 2. The SMILES string of the molecule is N#CC(=Cc1ccc(O)c(O)c1)C(=O)c1c(C(=O)c2ccc(O)c(O)c2C(=O)C(C#N)=Cc2ccc(O)c(O)c2)ccc(O)c1O. The van der Waals surface area contributed by atoms with Crippen LogP contribution in [0.3, 0.4) is 0 Å². The lowest BCUT2D eigenvalue weighted by Gasteiger charge is -2.14. The fourth-order valence-corrected chi connectivity index (χ4v) is 4.30. The van der Waals surface area contributed by atoms with Gasteiger partial charge in [0.05, 0.1) is 11.1 Å². The number of nitriles is 2. The minimum atomic E-state index is -1.28. The molecule has 46 heavy (non-hydrogen) atoms. The van der Waals surface area contributed by atoms with Gasteiger partial charge in [-0.1, -0.05) is 12.1 Å². The maximum absolute atomic E-state index is 13.9. The van der Waals surface area contributed by atoms with Crippen LogP contribution in [0.5, 0.6) is 46.0 Å². The molecule has 0 unspecified atom stereocenters. The van der Waals surface area contributed by atoms with E-state index < -0.39 is 96.7 Å². The van der Waals surface area contributed by atoms with E-state index in [1.807, 2.05) is 0 Å².